The SMILES string of the molecule is O=C(OCCc1ccccc1F)N1CCOc2cc3c(cc21)CCNCC3. The highest BCUT2D eigenvalue weighted by atomic mass is 19.1. The molecule has 0 radical (unpaired) electrons. The summed E-state index contributed by atoms with van der Waals surface area (Å²) in [6, 6.07) is 10.6. The van der Waals surface area contributed by atoms with Crippen LogP contribution in [0.25, 0.3) is 0 Å². The van der Waals surface area contributed by atoms with Gasteiger partial charge in [-0.1, -0.05) is 18.2 Å². The quantitative estimate of drug-likeness (QED) is 0.902. The number of amides is 1. The molecule has 6 heteroatoms. The summed E-state index contributed by atoms with van der Waals surface area (Å²) >= 11 is 0. The van der Waals surface area contributed by atoms with Crippen molar-refractivity contribution in [3.63, 3.8) is 0 Å². The van der Waals surface area contributed by atoms with Gasteiger partial charge in [0.25, 0.3) is 0 Å². The smallest absolute Gasteiger partial charge is 0.414 e. The van der Waals surface area contributed by atoms with Gasteiger partial charge in [0.05, 0.1) is 18.8 Å². The van der Waals surface area contributed by atoms with E-state index in [0.29, 0.717) is 25.1 Å². The van der Waals surface area contributed by atoms with Crippen molar-refractivity contribution in [1.82, 2.24) is 5.32 Å². The Bertz CT molecular complexity index is 840. The molecule has 142 valence electrons. The first-order chi connectivity index (χ1) is 13.2. The number of rotatable bonds is 3. The number of anilines is 1. The molecule has 0 aromatic heterocycles. The van der Waals surface area contributed by atoms with Crippen molar-refractivity contribution >= 4 is 11.8 Å². The first-order valence-electron chi connectivity index (χ1n) is 9.39. The van der Waals surface area contributed by atoms with E-state index < -0.39 is 6.09 Å². The van der Waals surface area contributed by atoms with Gasteiger partial charge in [-0.2, -0.15) is 0 Å². The Balaban J connectivity index is 1.46. The average molecular weight is 370 g/mol. The molecule has 0 atom stereocenters. The average Bonchev–Trinajstić information content (AvgIpc) is 2.92. The molecule has 2 aromatic carbocycles. The summed E-state index contributed by atoms with van der Waals surface area (Å²) in [6.07, 6.45) is 1.83. The maximum Gasteiger partial charge on any atom is 0.414 e. The maximum atomic E-state index is 13.7. The van der Waals surface area contributed by atoms with Crippen molar-refractivity contribution in [3.05, 3.63) is 58.9 Å². The number of hydrogen-bond acceptors (Lipinski definition) is 4. The minimum atomic E-state index is -0.414. The van der Waals surface area contributed by atoms with Crippen LogP contribution in [0.1, 0.15) is 16.7 Å². The number of hydrogen-bond donors (Lipinski definition) is 1. The number of carbonyl (C=O) groups excluding carboxylic acids is 1. The maximum absolute atomic E-state index is 13.7. The van der Waals surface area contributed by atoms with Gasteiger partial charge < -0.3 is 14.8 Å². The van der Waals surface area contributed by atoms with Crippen LogP contribution in [0.5, 0.6) is 5.75 Å². The zero-order chi connectivity index (χ0) is 18.6. The van der Waals surface area contributed by atoms with Crippen molar-refractivity contribution in [1.29, 1.82) is 0 Å². The second kappa shape index (κ2) is 7.96. The van der Waals surface area contributed by atoms with Crippen LogP contribution in [0.4, 0.5) is 14.9 Å². The summed E-state index contributed by atoms with van der Waals surface area (Å²) in [5.74, 6) is 0.453. The molecule has 27 heavy (non-hydrogen) atoms. The Kier molecular flexibility index (Phi) is 5.25. The van der Waals surface area contributed by atoms with Gasteiger partial charge in [-0.3, -0.25) is 4.90 Å². The molecule has 1 N–H and O–H groups in total. The van der Waals surface area contributed by atoms with Crippen molar-refractivity contribution in [2.75, 3.05) is 37.7 Å². The van der Waals surface area contributed by atoms with E-state index in [2.05, 4.69) is 17.4 Å². The van der Waals surface area contributed by atoms with Crippen molar-refractivity contribution in [2.24, 2.45) is 0 Å². The zero-order valence-corrected chi connectivity index (χ0v) is 15.2. The second-order valence-corrected chi connectivity index (χ2v) is 6.79. The number of nitrogens with zero attached hydrogens (tertiary/aromatic N) is 1. The zero-order valence-electron chi connectivity index (χ0n) is 15.2. The predicted octanol–water partition coefficient (Wildman–Crippen LogP) is 3.09. The molecule has 2 aromatic rings. The van der Waals surface area contributed by atoms with Crippen LogP contribution < -0.4 is 15.0 Å². The third-order valence-corrected chi connectivity index (χ3v) is 5.06. The topological polar surface area (TPSA) is 50.8 Å². The molecule has 2 aliphatic rings. The van der Waals surface area contributed by atoms with Crippen molar-refractivity contribution in [3.8, 4) is 5.75 Å². The number of nitrogens with one attached hydrogen (secondary N) is 1. The largest absolute Gasteiger partial charge is 0.490 e. The molecule has 0 saturated carbocycles. The van der Waals surface area contributed by atoms with Crippen molar-refractivity contribution in [2.45, 2.75) is 19.3 Å². The monoisotopic (exact) mass is 370 g/mol. The van der Waals surface area contributed by atoms with Crippen LogP contribution in [0.3, 0.4) is 0 Å². The third kappa shape index (κ3) is 3.90. The molecule has 0 bridgehead atoms. The fourth-order valence-corrected chi connectivity index (χ4v) is 3.60. The number of benzene rings is 2. The number of fused-ring (bicyclic) bond motifs is 2. The first-order valence-corrected chi connectivity index (χ1v) is 9.39. The highest BCUT2D eigenvalue weighted by molar-refractivity contribution is 5.90. The molecule has 2 heterocycles. The van der Waals surface area contributed by atoms with E-state index in [9.17, 15) is 9.18 Å². The van der Waals surface area contributed by atoms with Gasteiger partial charge in [0.15, 0.2) is 0 Å². The van der Waals surface area contributed by atoms with Gasteiger partial charge in [-0.05, 0) is 60.8 Å². The molecular weight excluding hydrogens is 347 g/mol. The molecule has 0 spiro atoms. The van der Waals surface area contributed by atoms with Crippen molar-refractivity contribution < 1.29 is 18.7 Å². The van der Waals surface area contributed by atoms with E-state index in [1.54, 1.807) is 23.1 Å². The van der Waals surface area contributed by atoms with Crippen LogP contribution in [0.15, 0.2) is 36.4 Å². The summed E-state index contributed by atoms with van der Waals surface area (Å²) in [5, 5.41) is 3.39. The van der Waals surface area contributed by atoms with Crippen LogP contribution in [0.2, 0.25) is 0 Å². The van der Waals surface area contributed by atoms with Crippen LogP contribution in [-0.4, -0.2) is 38.9 Å². The van der Waals surface area contributed by atoms with Gasteiger partial charge in [0.1, 0.15) is 18.2 Å². The van der Waals surface area contributed by atoms with E-state index in [0.717, 1.165) is 37.4 Å². The highest BCUT2D eigenvalue weighted by Gasteiger charge is 2.27. The minimum absolute atomic E-state index is 0.140. The fraction of sp³-hybridized carbons (Fsp3) is 0.381. The van der Waals surface area contributed by atoms with Gasteiger partial charge in [-0.25, -0.2) is 9.18 Å². The van der Waals surface area contributed by atoms with E-state index in [1.807, 2.05) is 0 Å². The molecule has 0 aliphatic carbocycles. The summed E-state index contributed by atoms with van der Waals surface area (Å²) < 4.78 is 24.9. The lowest BCUT2D eigenvalue weighted by Gasteiger charge is -2.30. The van der Waals surface area contributed by atoms with E-state index in [-0.39, 0.29) is 12.4 Å². The van der Waals surface area contributed by atoms with Gasteiger partial charge >= 0.3 is 6.09 Å². The highest BCUT2D eigenvalue weighted by Crippen LogP contribution is 2.35. The predicted molar refractivity (Wildman–Crippen MR) is 101 cm³/mol. The molecule has 2 aliphatic heterocycles. The second-order valence-electron chi connectivity index (χ2n) is 6.79. The first kappa shape index (κ1) is 17.8. The molecule has 1 amide bonds. The Morgan fingerprint density at radius 1 is 1.19 bits per heavy atom. The Morgan fingerprint density at radius 2 is 1.96 bits per heavy atom. The number of carbonyl (C=O) groups is 1. The fourth-order valence-electron chi connectivity index (χ4n) is 3.60. The molecule has 0 unspecified atom stereocenters. The van der Waals surface area contributed by atoms with E-state index in [4.69, 9.17) is 9.47 Å². The lowest BCUT2D eigenvalue weighted by molar-refractivity contribution is 0.151. The van der Waals surface area contributed by atoms with Crippen LogP contribution >= 0.6 is 0 Å². The normalized spacial score (nSPS) is 16.0. The summed E-state index contributed by atoms with van der Waals surface area (Å²) in [5.41, 5.74) is 3.82. The lowest BCUT2D eigenvalue weighted by Crippen LogP contribution is -2.38. The van der Waals surface area contributed by atoms with Crippen LogP contribution in [0, 0.1) is 5.82 Å². The number of halogens is 1. The Hall–Kier alpha value is -2.60. The summed E-state index contributed by atoms with van der Waals surface area (Å²) in [6.45, 7) is 2.91. The summed E-state index contributed by atoms with van der Waals surface area (Å²) in [4.78, 5) is 14.2. The minimum Gasteiger partial charge on any atom is -0.490 e. The Labute approximate surface area is 158 Å². The third-order valence-electron chi connectivity index (χ3n) is 5.06. The standard InChI is InChI=1S/C21H23FN2O3/c22-18-4-2-1-3-15(18)7-11-27-21(25)24-10-12-26-20-14-17-6-9-23-8-5-16(17)13-19(20)24/h1-4,13-14,23H,5-12H2. The molecule has 0 saturated heterocycles. The lowest BCUT2D eigenvalue weighted by atomic mass is 10.0. The molecule has 4 rings (SSSR count). The Morgan fingerprint density at radius 3 is 2.78 bits per heavy atom. The number of ether oxygens (including phenoxy) is 2. The molecule has 5 nitrogen and oxygen atoms in total. The van der Waals surface area contributed by atoms with E-state index in [1.165, 1.54) is 17.2 Å². The van der Waals surface area contributed by atoms with E-state index >= 15 is 0 Å². The van der Waals surface area contributed by atoms with Gasteiger partial charge in [-0.15, -0.1) is 0 Å². The van der Waals surface area contributed by atoms with Crippen LogP contribution in [-0.2, 0) is 24.0 Å². The van der Waals surface area contributed by atoms with Gasteiger partial charge in [0.2, 0.25) is 0 Å². The summed E-state index contributed by atoms with van der Waals surface area (Å²) in [7, 11) is 0. The van der Waals surface area contributed by atoms with Gasteiger partial charge in [0, 0.05) is 6.42 Å². The molecule has 0 fully saturated rings. The molecular formula is C21H23FN2O3.